The molecule has 5 unspecified atom stereocenters. The minimum absolute atomic E-state index is 0.0100. The smallest absolute Gasteiger partial charge is 0.407 e. The van der Waals surface area contributed by atoms with Gasteiger partial charge >= 0.3 is 6.09 Å². The lowest BCUT2D eigenvalue weighted by Crippen LogP contribution is -2.51. The lowest BCUT2D eigenvalue weighted by Gasteiger charge is -2.31. The fraction of sp³-hybridized carbons (Fsp3) is 0.484. The number of rotatable bonds is 12. The molecular weight excluding hydrogens is 588 g/mol. The number of amides is 2. The van der Waals surface area contributed by atoms with Gasteiger partial charge in [-0.3, -0.25) is 4.79 Å². The van der Waals surface area contributed by atoms with E-state index < -0.39 is 34.4 Å². The van der Waals surface area contributed by atoms with Gasteiger partial charge in [-0.25, -0.2) is 13.2 Å². The Bertz CT molecular complexity index is 1480. The Morgan fingerprint density at radius 2 is 1.95 bits per heavy atom. The molecule has 0 spiro atoms. The Hall–Kier alpha value is -3.49. The second-order valence-electron chi connectivity index (χ2n) is 11.7. The van der Waals surface area contributed by atoms with Crippen LogP contribution in [0.3, 0.4) is 0 Å². The number of carbonyl (C=O) groups is 2. The minimum atomic E-state index is -4.12. The third kappa shape index (κ3) is 7.08. The summed E-state index contributed by atoms with van der Waals surface area (Å²) in [4.78, 5) is 25.5. The van der Waals surface area contributed by atoms with Crippen LogP contribution in [0.25, 0.3) is 5.57 Å². The van der Waals surface area contributed by atoms with Gasteiger partial charge in [0.1, 0.15) is 6.10 Å². The highest BCUT2D eigenvalue weighted by atomic mass is 32.2. The second-order valence-corrected chi connectivity index (χ2v) is 13.6. The van der Waals surface area contributed by atoms with Crippen LogP contribution in [-0.4, -0.2) is 87.7 Å². The summed E-state index contributed by atoms with van der Waals surface area (Å²) in [5.41, 5.74) is 2.15. The van der Waals surface area contributed by atoms with E-state index >= 15 is 0 Å². The fourth-order valence-corrected chi connectivity index (χ4v) is 7.45. The largest absolute Gasteiger partial charge is 0.443 e. The van der Waals surface area contributed by atoms with E-state index in [9.17, 15) is 23.1 Å². The van der Waals surface area contributed by atoms with Crippen molar-refractivity contribution in [1.82, 2.24) is 14.9 Å². The summed E-state index contributed by atoms with van der Waals surface area (Å²) in [6.45, 7) is 4.37. The fourth-order valence-electron chi connectivity index (χ4n) is 5.80. The van der Waals surface area contributed by atoms with Gasteiger partial charge in [0.15, 0.2) is 6.29 Å². The van der Waals surface area contributed by atoms with Gasteiger partial charge in [-0.2, -0.15) is 4.31 Å². The predicted molar refractivity (Wildman–Crippen MR) is 163 cm³/mol. The standard InChI is InChI=1S/C31H40N4O8S/c1-19(2)16-35(44(39,40)21-9-10-25-23(14-21)24(15-32-3)29(37)33-25)17-27(36)26(13-20-7-5-4-6-8-20)34-31(38)43-28-18-42-30-22(28)11-12-41-30/h4-10,14-15,19,22,26-28,30,32,36H,11-13,16-18H2,1-3H3,(H,33,37)(H,34,38)/b24-15-. The Morgan fingerprint density at radius 3 is 2.68 bits per heavy atom. The lowest BCUT2D eigenvalue weighted by atomic mass is 10.0. The first-order valence-electron chi connectivity index (χ1n) is 14.8. The molecule has 2 saturated heterocycles. The van der Waals surface area contributed by atoms with E-state index in [2.05, 4.69) is 16.0 Å². The summed E-state index contributed by atoms with van der Waals surface area (Å²) < 4.78 is 46.1. The first kappa shape index (κ1) is 31.9. The SMILES string of the molecule is CN/C=C1\C(=O)Nc2ccc(S(=O)(=O)N(CC(C)C)CC(O)C(Cc3ccccc3)NC(=O)OC3COC4OCCC34)cc21. The molecule has 2 aromatic carbocycles. The second kappa shape index (κ2) is 13.7. The molecule has 0 aliphatic carbocycles. The topological polar surface area (TPSA) is 156 Å². The number of hydrogen-bond acceptors (Lipinski definition) is 9. The number of aliphatic hydroxyl groups is 1. The van der Waals surface area contributed by atoms with Crippen molar-refractivity contribution in [2.75, 3.05) is 38.7 Å². The molecule has 2 aromatic rings. The maximum Gasteiger partial charge on any atom is 0.407 e. The molecule has 2 amide bonds. The lowest BCUT2D eigenvalue weighted by molar-refractivity contribution is -0.110. The van der Waals surface area contributed by atoms with Crippen LogP contribution in [0.2, 0.25) is 0 Å². The Labute approximate surface area is 257 Å². The number of nitrogens with one attached hydrogen (secondary N) is 3. The normalized spacial score (nSPS) is 23.4. The van der Waals surface area contributed by atoms with Gasteiger partial charge in [0.05, 0.1) is 41.7 Å². The summed E-state index contributed by atoms with van der Waals surface area (Å²) in [7, 11) is -2.47. The summed E-state index contributed by atoms with van der Waals surface area (Å²) in [6, 6.07) is 12.9. The molecule has 2 fully saturated rings. The molecule has 3 heterocycles. The maximum atomic E-state index is 14.0. The van der Waals surface area contributed by atoms with Crippen molar-refractivity contribution >= 4 is 33.3 Å². The van der Waals surface area contributed by atoms with E-state index in [1.807, 2.05) is 44.2 Å². The van der Waals surface area contributed by atoms with E-state index in [1.54, 1.807) is 13.1 Å². The van der Waals surface area contributed by atoms with Crippen LogP contribution in [0.5, 0.6) is 0 Å². The van der Waals surface area contributed by atoms with E-state index in [-0.39, 0.29) is 55.0 Å². The van der Waals surface area contributed by atoms with Crippen LogP contribution in [0.1, 0.15) is 31.4 Å². The number of nitrogens with zero attached hydrogens (tertiary/aromatic N) is 1. The number of sulfonamides is 1. The maximum absolute atomic E-state index is 14.0. The van der Waals surface area contributed by atoms with Crippen molar-refractivity contribution in [1.29, 1.82) is 0 Å². The van der Waals surface area contributed by atoms with Crippen molar-refractivity contribution in [3.05, 3.63) is 65.9 Å². The molecule has 12 nitrogen and oxygen atoms in total. The molecule has 0 bridgehead atoms. The molecule has 3 aliphatic rings. The van der Waals surface area contributed by atoms with E-state index in [0.717, 1.165) is 12.0 Å². The van der Waals surface area contributed by atoms with Crippen molar-refractivity contribution in [2.45, 2.75) is 56.1 Å². The third-order valence-electron chi connectivity index (χ3n) is 7.97. The molecule has 5 atom stereocenters. The van der Waals surface area contributed by atoms with Crippen LogP contribution < -0.4 is 16.0 Å². The minimum Gasteiger partial charge on any atom is -0.443 e. The summed E-state index contributed by atoms with van der Waals surface area (Å²) in [6.07, 6.45) is -0.374. The number of fused-ring (bicyclic) bond motifs is 2. The highest BCUT2D eigenvalue weighted by Crippen LogP contribution is 2.35. The van der Waals surface area contributed by atoms with Crippen molar-refractivity contribution in [2.24, 2.45) is 11.8 Å². The van der Waals surface area contributed by atoms with Gasteiger partial charge in [0.2, 0.25) is 10.0 Å². The molecular formula is C31H40N4O8S. The van der Waals surface area contributed by atoms with Gasteiger partial charge in [-0.05, 0) is 42.5 Å². The highest BCUT2D eigenvalue weighted by molar-refractivity contribution is 7.89. The number of ether oxygens (including phenoxy) is 3. The molecule has 4 N–H and O–H groups in total. The van der Waals surface area contributed by atoms with Crippen LogP contribution >= 0.6 is 0 Å². The molecule has 3 aliphatic heterocycles. The van der Waals surface area contributed by atoms with Crippen LogP contribution in [0.4, 0.5) is 10.5 Å². The predicted octanol–water partition coefficient (Wildman–Crippen LogP) is 2.31. The molecule has 0 radical (unpaired) electrons. The number of alkyl carbamates (subject to hydrolysis) is 1. The van der Waals surface area contributed by atoms with Gasteiger partial charge in [-0.15, -0.1) is 0 Å². The van der Waals surface area contributed by atoms with Crippen LogP contribution in [0.15, 0.2) is 59.6 Å². The first-order chi connectivity index (χ1) is 21.1. The van der Waals surface area contributed by atoms with Crippen LogP contribution in [-0.2, 0) is 35.4 Å². The molecule has 0 saturated carbocycles. The number of benzene rings is 2. The molecule has 238 valence electrons. The van der Waals surface area contributed by atoms with Crippen molar-refractivity contribution < 1.29 is 37.3 Å². The van der Waals surface area contributed by atoms with Crippen molar-refractivity contribution in [3.63, 3.8) is 0 Å². The first-order valence-corrected chi connectivity index (χ1v) is 16.3. The molecule has 13 heteroatoms. The quantitative estimate of drug-likeness (QED) is 0.259. The number of hydrogen-bond donors (Lipinski definition) is 4. The van der Waals surface area contributed by atoms with Crippen molar-refractivity contribution in [3.8, 4) is 0 Å². The monoisotopic (exact) mass is 628 g/mol. The molecule has 44 heavy (non-hydrogen) atoms. The van der Waals surface area contributed by atoms with Gasteiger partial charge < -0.3 is 35.3 Å². The van der Waals surface area contributed by atoms with Gasteiger partial charge in [0, 0.05) is 37.6 Å². The van der Waals surface area contributed by atoms with Crippen LogP contribution in [0, 0.1) is 11.8 Å². The van der Waals surface area contributed by atoms with E-state index in [1.165, 1.54) is 22.6 Å². The zero-order chi connectivity index (χ0) is 31.4. The van der Waals surface area contributed by atoms with E-state index in [4.69, 9.17) is 14.2 Å². The Kier molecular flexibility index (Phi) is 9.90. The summed E-state index contributed by atoms with van der Waals surface area (Å²) in [5.74, 6) is -0.449. The van der Waals surface area contributed by atoms with Gasteiger partial charge in [-0.1, -0.05) is 44.2 Å². The molecule has 5 rings (SSSR count). The zero-order valence-electron chi connectivity index (χ0n) is 25.1. The average Bonchev–Trinajstić information content (AvgIpc) is 3.68. The zero-order valence-corrected chi connectivity index (χ0v) is 25.9. The Morgan fingerprint density at radius 1 is 1.18 bits per heavy atom. The number of carbonyl (C=O) groups excluding carboxylic acids is 2. The number of aliphatic hydroxyl groups excluding tert-OH is 1. The molecule has 0 aromatic heterocycles. The van der Waals surface area contributed by atoms with Gasteiger partial charge in [0.25, 0.3) is 5.91 Å². The third-order valence-corrected chi connectivity index (χ3v) is 9.80. The average molecular weight is 629 g/mol. The number of anilines is 1. The highest BCUT2D eigenvalue weighted by Gasteiger charge is 2.44. The van der Waals surface area contributed by atoms with E-state index in [0.29, 0.717) is 23.4 Å². The summed E-state index contributed by atoms with van der Waals surface area (Å²) >= 11 is 0. The summed E-state index contributed by atoms with van der Waals surface area (Å²) in [5, 5.41) is 19.9. The Balaban J connectivity index is 1.37.